The van der Waals surface area contributed by atoms with E-state index < -0.39 is 0 Å². The lowest BCUT2D eigenvalue weighted by molar-refractivity contribution is 0.0827. The lowest BCUT2D eigenvalue weighted by Gasteiger charge is -2.40. The number of likely N-dealkylation sites (tertiary alicyclic amines) is 1. The van der Waals surface area contributed by atoms with Gasteiger partial charge >= 0.3 is 0 Å². The van der Waals surface area contributed by atoms with Gasteiger partial charge in [-0.15, -0.1) is 0 Å². The highest BCUT2D eigenvalue weighted by Crippen LogP contribution is 2.33. The van der Waals surface area contributed by atoms with Crippen LogP contribution in [0.15, 0.2) is 42.6 Å². The molecule has 0 N–H and O–H groups in total. The van der Waals surface area contributed by atoms with Gasteiger partial charge in [-0.3, -0.25) is 4.98 Å². The second kappa shape index (κ2) is 5.40. The molecule has 0 bridgehead atoms. The Kier molecular flexibility index (Phi) is 3.38. The van der Waals surface area contributed by atoms with Gasteiger partial charge in [0, 0.05) is 37.2 Å². The highest BCUT2D eigenvalue weighted by molar-refractivity contribution is 5.62. The number of likely N-dealkylation sites (N-methyl/N-ethyl adjacent to an activating group) is 1. The van der Waals surface area contributed by atoms with Crippen LogP contribution in [0, 0.1) is 5.92 Å². The standard InChI is InChI=1S/C19H23N3/c1-3-14-4-6-15(7-5-14)18-9-8-17(10-20-18)22-12-16-11-21(2)19(16)13-22/h4-10,16,19H,3,11-13H2,1-2H3/t16-,19+/m1/s1. The smallest absolute Gasteiger partial charge is 0.0703 e. The zero-order chi connectivity index (χ0) is 15.1. The van der Waals surface area contributed by atoms with Gasteiger partial charge in [0.1, 0.15) is 0 Å². The van der Waals surface area contributed by atoms with Crippen LogP contribution in [-0.4, -0.2) is 42.6 Å². The quantitative estimate of drug-likeness (QED) is 0.867. The topological polar surface area (TPSA) is 19.4 Å². The van der Waals surface area contributed by atoms with E-state index in [1.165, 1.54) is 29.9 Å². The van der Waals surface area contributed by atoms with Crippen LogP contribution in [0.1, 0.15) is 12.5 Å². The monoisotopic (exact) mass is 293 g/mol. The molecule has 2 aromatic rings. The minimum absolute atomic E-state index is 0.751. The van der Waals surface area contributed by atoms with E-state index in [-0.39, 0.29) is 0 Å². The molecule has 0 radical (unpaired) electrons. The zero-order valence-corrected chi connectivity index (χ0v) is 13.4. The molecule has 2 aliphatic heterocycles. The molecule has 1 aromatic heterocycles. The molecule has 3 heterocycles. The molecule has 0 spiro atoms. The zero-order valence-electron chi connectivity index (χ0n) is 13.4. The number of benzene rings is 1. The van der Waals surface area contributed by atoms with Gasteiger partial charge in [0.2, 0.25) is 0 Å². The Morgan fingerprint density at radius 2 is 1.86 bits per heavy atom. The van der Waals surface area contributed by atoms with Crippen LogP contribution in [0.5, 0.6) is 0 Å². The number of aryl methyl sites for hydroxylation is 1. The molecule has 0 unspecified atom stereocenters. The molecule has 0 amide bonds. The largest absolute Gasteiger partial charge is 0.368 e. The van der Waals surface area contributed by atoms with Gasteiger partial charge in [-0.2, -0.15) is 0 Å². The first kappa shape index (κ1) is 13.8. The molecule has 2 saturated heterocycles. The Morgan fingerprint density at radius 3 is 2.45 bits per heavy atom. The van der Waals surface area contributed by atoms with E-state index in [0.29, 0.717) is 0 Å². The molecule has 2 fully saturated rings. The second-order valence-corrected chi connectivity index (χ2v) is 6.62. The third-order valence-corrected chi connectivity index (χ3v) is 5.27. The van der Waals surface area contributed by atoms with E-state index in [0.717, 1.165) is 30.6 Å². The normalized spacial score (nSPS) is 24.2. The number of fused-ring (bicyclic) bond motifs is 1. The van der Waals surface area contributed by atoms with Crippen molar-refractivity contribution in [3.63, 3.8) is 0 Å². The molecule has 0 aliphatic carbocycles. The SMILES string of the molecule is CCc1ccc(-c2ccc(N3C[C@H]4CN(C)[C@H]4C3)cn2)cc1. The lowest BCUT2D eigenvalue weighted by atomic mass is 9.93. The van der Waals surface area contributed by atoms with Crippen molar-refractivity contribution in [2.75, 3.05) is 31.6 Å². The van der Waals surface area contributed by atoms with Crippen molar-refractivity contribution in [3.05, 3.63) is 48.2 Å². The highest BCUT2D eigenvalue weighted by Gasteiger charge is 2.43. The van der Waals surface area contributed by atoms with Gasteiger partial charge in [-0.05, 0) is 31.2 Å². The number of rotatable bonds is 3. The molecule has 3 nitrogen and oxygen atoms in total. The first-order valence-electron chi connectivity index (χ1n) is 8.25. The minimum Gasteiger partial charge on any atom is -0.368 e. The van der Waals surface area contributed by atoms with E-state index in [4.69, 9.17) is 0 Å². The first-order valence-corrected chi connectivity index (χ1v) is 8.25. The minimum atomic E-state index is 0.751. The second-order valence-electron chi connectivity index (χ2n) is 6.62. The Hall–Kier alpha value is -1.87. The van der Waals surface area contributed by atoms with Crippen molar-refractivity contribution < 1.29 is 0 Å². The molecule has 2 aliphatic rings. The van der Waals surface area contributed by atoms with Gasteiger partial charge in [-0.25, -0.2) is 0 Å². The molecule has 3 heteroatoms. The van der Waals surface area contributed by atoms with Crippen LogP contribution in [0.3, 0.4) is 0 Å². The number of hydrogen-bond acceptors (Lipinski definition) is 3. The summed E-state index contributed by atoms with van der Waals surface area (Å²) in [4.78, 5) is 9.63. The molecule has 2 atom stereocenters. The van der Waals surface area contributed by atoms with Crippen molar-refractivity contribution >= 4 is 5.69 Å². The Labute approximate surface area is 132 Å². The van der Waals surface area contributed by atoms with E-state index >= 15 is 0 Å². The first-order chi connectivity index (χ1) is 10.7. The molecule has 1 aromatic carbocycles. The predicted octanol–water partition coefficient (Wildman–Crippen LogP) is 3.06. The van der Waals surface area contributed by atoms with Crippen LogP contribution in [-0.2, 0) is 6.42 Å². The molecule has 22 heavy (non-hydrogen) atoms. The summed E-state index contributed by atoms with van der Waals surface area (Å²) in [5.41, 5.74) is 4.89. The summed E-state index contributed by atoms with van der Waals surface area (Å²) in [6.07, 6.45) is 3.12. The maximum atomic E-state index is 4.68. The van der Waals surface area contributed by atoms with Crippen LogP contribution < -0.4 is 4.90 Å². The van der Waals surface area contributed by atoms with Gasteiger partial charge in [0.15, 0.2) is 0 Å². The van der Waals surface area contributed by atoms with Crippen LogP contribution in [0.2, 0.25) is 0 Å². The highest BCUT2D eigenvalue weighted by atomic mass is 15.3. The number of anilines is 1. The fraction of sp³-hybridized carbons (Fsp3) is 0.421. The van der Waals surface area contributed by atoms with E-state index in [1.807, 2.05) is 6.20 Å². The van der Waals surface area contributed by atoms with Gasteiger partial charge in [-0.1, -0.05) is 31.2 Å². The van der Waals surface area contributed by atoms with Gasteiger partial charge in [0.05, 0.1) is 17.6 Å². The number of pyridine rings is 1. The number of nitrogens with zero attached hydrogens (tertiary/aromatic N) is 3. The van der Waals surface area contributed by atoms with Crippen molar-refractivity contribution in [2.45, 2.75) is 19.4 Å². The average molecular weight is 293 g/mol. The van der Waals surface area contributed by atoms with E-state index in [2.05, 4.69) is 65.2 Å². The predicted molar refractivity (Wildman–Crippen MR) is 91.2 cm³/mol. The third-order valence-electron chi connectivity index (χ3n) is 5.27. The van der Waals surface area contributed by atoms with Crippen LogP contribution in [0.25, 0.3) is 11.3 Å². The Morgan fingerprint density at radius 1 is 1.05 bits per heavy atom. The maximum absolute atomic E-state index is 4.68. The Bertz CT molecular complexity index is 647. The summed E-state index contributed by atoms with van der Waals surface area (Å²) < 4.78 is 0. The molecule has 4 rings (SSSR count). The van der Waals surface area contributed by atoms with Gasteiger partial charge in [0.25, 0.3) is 0 Å². The summed E-state index contributed by atoms with van der Waals surface area (Å²) in [6.45, 7) is 5.76. The van der Waals surface area contributed by atoms with Crippen LogP contribution in [0.4, 0.5) is 5.69 Å². The average Bonchev–Trinajstić information content (AvgIpc) is 2.92. The molecule has 0 saturated carbocycles. The number of hydrogen-bond donors (Lipinski definition) is 0. The van der Waals surface area contributed by atoms with Gasteiger partial charge < -0.3 is 9.80 Å². The maximum Gasteiger partial charge on any atom is 0.0703 e. The fourth-order valence-electron chi connectivity index (χ4n) is 3.77. The fourth-order valence-corrected chi connectivity index (χ4v) is 3.77. The summed E-state index contributed by atoms with van der Waals surface area (Å²) >= 11 is 0. The number of aromatic nitrogens is 1. The summed E-state index contributed by atoms with van der Waals surface area (Å²) in [5, 5.41) is 0. The van der Waals surface area contributed by atoms with Crippen molar-refractivity contribution in [1.29, 1.82) is 0 Å². The molecular weight excluding hydrogens is 270 g/mol. The molecular formula is C19H23N3. The Balaban J connectivity index is 1.50. The summed E-state index contributed by atoms with van der Waals surface area (Å²) in [5.74, 6) is 0.853. The third kappa shape index (κ3) is 2.30. The molecule has 114 valence electrons. The van der Waals surface area contributed by atoms with E-state index in [1.54, 1.807) is 0 Å². The van der Waals surface area contributed by atoms with Crippen molar-refractivity contribution in [2.24, 2.45) is 5.92 Å². The van der Waals surface area contributed by atoms with E-state index in [9.17, 15) is 0 Å². The summed E-state index contributed by atoms with van der Waals surface area (Å²) in [7, 11) is 2.23. The van der Waals surface area contributed by atoms with Crippen molar-refractivity contribution in [3.8, 4) is 11.3 Å². The van der Waals surface area contributed by atoms with Crippen LogP contribution >= 0.6 is 0 Å². The summed E-state index contributed by atoms with van der Waals surface area (Å²) in [6, 6.07) is 13.9. The van der Waals surface area contributed by atoms with Crippen molar-refractivity contribution in [1.82, 2.24) is 9.88 Å². The lowest BCUT2D eigenvalue weighted by Crippen LogP contribution is -2.52.